The third kappa shape index (κ3) is 2.77. The average Bonchev–Trinajstić information content (AvgIpc) is 2.81. The van der Waals surface area contributed by atoms with Crippen LogP contribution in [0.15, 0.2) is 53.0 Å². The number of imide groups is 1. The van der Waals surface area contributed by atoms with Crippen LogP contribution >= 0.6 is 15.9 Å². The number of anilines is 1. The lowest BCUT2D eigenvalue weighted by atomic mass is 10.1. The van der Waals surface area contributed by atoms with Crippen LogP contribution in [0.25, 0.3) is 0 Å². The van der Waals surface area contributed by atoms with Gasteiger partial charge in [-0.2, -0.15) is 0 Å². The maximum absolute atomic E-state index is 12.4. The Morgan fingerprint density at radius 3 is 2.04 bits per heavy atom. The van der Waals surface area contributed by atoms with Crippen LogP contribution in [0.2, 0.25) is 0 Å². The molecule has 0 aliphatic carbocycles. The minimum atomic E-state index is -0.897. The van der Waals surface area contributed by atoms with Gasteiger partial charge in [-0.1, -0.05) is 28.1 Å². The number of carbonyl (C=O) groups excluding carboxylic acids is 3. The zero-order chi connectivity index (χ0) is 16.6. The van der Waals surface area contributed by atoms with Gasteiger partial charge < -0.3 is 5.32 Å². The Balaban J connectivity index is 1.79. The highest BCUT2D eigenvalue weighted by atomic mass is 79.9. The molecule has 0 aromatic heterocycles. The zero-order valence-electron chi connectivity index (χ0n) is 12.2. The van der Waals surface area contributed by atoms with Gasteiger partial charge in [0, 0.05) is 10.2 Å². The quantitative estimate of drug-likeness (QED) is 0.841. The molecule has 2 aromatic rings. The smallest absolute Gasteiger partial charge is 0.262 e. The maximum Gasteiger partial charge on any atom is 0.262 e. The first-order chi connectivity index (χ1) is 11.0. The second kappa shape index (κ2) is 5.96. The molecule has 1 heterocycles. The number of nitrogens with one attached hydrogen (secondary N) is 1. The minimum Gasteiger partial charge on any atom is -0.324 e. The van der Waals surface area contributed by atoms with Crippen LogP contribution in [0, 0.1) is 0 Å². The molecule has 6 heteroatoms. The second-order valence-corrected chi connectivity index (χ2v) is 6.11. The number of carbonyl (C=O) groups is 3. The fourth-order valence-corrected chi connectivity index (χ4v) is 2.72. The van der Waals surface area contributed by atoms with Gasteiger partial charge >= 0.3 is 0 Å². The summed E-state index contributed by atoms with van der Waals surface area (Å²) in [6, 6.07) is 12.7. The van der Waals surface area contributed by atoms with E-state index in [1.54, 1.807) is 48.5 Å². The van der Waals surface area contributed by atoms with Crippen molar-refractivity contribution in [1.82, 2.24) is 4.90 Å². The summed E-state index contributed by atoms with van der Waals surface area (Å²) in [5, 5.41) is 2.71. The van der Waals surface area contributed by atoms with Crippen molar-refractivity contribution in [3.8, 4) is 0 Å². The summed E-state index contributed by atoms with van der Waals surface area (Å²) in [5.41, 5.74) is 1.27. The number of hydrogen-bond acceptors (Lipinski definition) is 3. The molecule has 1 N–H and O–H groups in total. The van der Waals surface area contributed by atoms with E-state index in [0.717, 1.165) is 9.37 Å². The molecule has 0 spiro atoms. The molecule has 0 fully saturated rings. The third-order valence-corrected chi connectivity index (χ3v) is 4.23. The third-order valence-electron chi connectivity index (χ3n) is 3.70. The average molecular weight is 373 g/mol. The van der Waals surface area contributed by atoms with Crippen LogP contribution in [-0.2, 0) is 4.79 Å². The van der Waals surface area contributed by atoms with Crippen LogP contribution in [0.5, 0.6) is 0 Å². The predicted molar refractivity (Wildman–Crippen MR) is 89.2 cm³/mol. The van der Waals surface area contributed by atoms with Gasteiger partial charge in [-0.05, 0) is 43.3 Å². The fraction of sp³-hybridized carbons (Fsp3) is 0.118. The molecule has 0 saturated heterocycles. The highest BCUT2D eigenvalue weighted by Crippen LogP contribution is 2.25. The van der Waals surface area contributed by atoms with E-state index in [1.165, 1.54) is 6.92 Å². The van der Waals surface area contributed by atoms with E-state index in [2.05, 4.69) is 21.2 Å². The van der Waals surface area contributed by atoms with Crippen molar-refractivity contribution < 1.29 is 14.4 Å². The number of halogens is 1. The molecule has 3 rings (SSSR count). The van der Waals surface area contributed by atoms with Crippen molar-refractivity contribution in [2.24, 2.45) is 0 Å². The number of hydrogen-bond donors (Lipinski definition) is 1. The monoisotopic (exact) mass is 372 g/mol. The SMILES string of the molecule is C[C@H](C(=O)Nc1ccc(Br)cc1)N1C(=O)c2ccccc2C1=O. The summed E-state index contributed by atoms with van der Waals surface area (Å²) in [7, 11) is 0. The molecule has 0 unspecified atom stereocenters. The number of fused-ring (bicyclic) bond motifs is 1. The standard InChI is InChI=1S/C17H13BrN2O3/c1-10(15(21)19-12-8-6-11(18)7-9-12)20-16(22)13-4-2-3-5-14(13)17(20)23/h2-10H,1H3,(H,19,21)/t10-/m1/s1. The Labute approximate surface area is 141 Å². The minimum absolute atomic E-state index is 0.334. The van der Waals surface area contributed by atoms with E-state index < -0.39 is 23.8 Å². The maximum atomic E-state index is 12.4. The van der Waals surface area contributed by atoms with Crippen molar-refractivity contribution in [2.75, 3.05) is 5.32 Å². The molecule has 116 valence electrons. The van der Waals surface area contributed by atoms with Gasteiger partial charge in [0.15, 0.2) is 0 Å². The van der Waals surface area contributed by atoms with E-state index >= 15 is 0 Å². The molecule has 0 bridgehead atoms. The molecular formula is C17H13BrN2O3. The van der Waals surface area contributed by atoms with Crippen molar-refractivity contribution in [3.63, 3.8) is 0 Å². The Kier molecular flexibility index (Phi) is 4.00. The Morgan fingerprint density at radius 1 is 1.00 bits per heavy atom. The van der Waals surface area contributed by atoms with E-state index in [0.29, 0.717) is 16.8 Å². The van der Waals surface area contributed by atoms with Gasteiger partial charge in [0.25, 0.3) is 11.8 Å². The number of nitrogens with zero attached hydrogens (tertiary/aromatic N) is 1. The molecule has 1 aliphatic heterocycles. The number of rotatable bonds is 3. The molecule has 3 amide bonds. The lowest BCUT2D eigenvalue weighted by Gasteiger charge is -2.21. The van der Waals surface area contributed by atoms with Gasteiger partial charge in [-0.3, -0.25) is 19.3 Å². The second-order valence-electron chi connectivity index (χ2n) is 5.20. The number of benzene rings is 2. The summed E-state index contributed by atoms with van der Waals surface area (Å²) >= 11 is 3.32. The van der Waals surface area contributed by atoms with Gasteiger partial charge in [0.05, 0.1) is 11.1 Å². The van der Waals surface area contributed by atoms with E-state index in [1.807, 2.05) is 0 Å². The fourth-order valence-electron chi connectivity index (χ4n) is 2.46. The molecule has 1 aliphatic rings. The Morgan fingerprint density at radius 2 is 1.52 bits per heavy atom. The largest absolute Gasteiger partial charge is 0.324 e. The van der Waals surface area contributed by atoms with Crippen molar-refractivity contribution in [2.45, 2.75) is 13.0 Å². The first-order valence-electron chi connectivity index (χ1n) is 7.02. The highest BCUT2D eigenvalue weighted by molar-refractivity contribution is 9.10. The zero-order valence-corrected chi connectivity index (χ0v) is 13.8. The molecule has 2 aromatic carbocycles. The topological polar surface area (TPSA) is 66.5 Å². The summed E-state index contributed by atoms with van der Waals surface area (Å²) in [5.74, 6) is -1.30. The molecular weight excluding hydrogens is 360 g/mol. The van der Waals surface area contributed by atoms with E-state index in [-0.39, 0.29) is 0 Å². The predicted octanol–water partition coefficient (Wildman–Crippen LogP) is 3.07. The lowest BCUT2D eigenvalue weighted by molar-refractivity contribution is -0.119. The molecule has 1 atom stereocenters. The van der Waals surface area contributed by atoms with Gasteiger partial charge in [0.2, 0.25) is 5.91 Å². The van der Waals surface area contributed by atoms with Gasteiger partial charge in [-0.25, -0.2) is 0 Å². The van der Waals surface area contributed by atoms with Crippen molar-refractivity contribution in [1.29, 1.82) is 0 Å². The van der Waals surface area contributed by atoms with Gasteiger partial charge in [0.1, 0.15) is 6.04 Å². The van der Waals surface area contributed by atoms with E-state index in [9.17, 15) is 14.4 Å². The lowest BCUT2D eigenvalue weighted by Crippen LogP contribution is -2.45. The summed E-state index contributed by atoms with van der Waals surface area (Å²) in [6.07, 6.45) is 0. The number of amides is 3. The normalized spacial score (nSPS) is 14.6. The van der Waals surface area contributed by atoms with Crippen LogP contribution in [0.3, 0.4) is 0 Å². The van der Waals surface area contributed by atoms with Crippen LogP contribution in [0.1, 0.15) is 27.6 Å². The van der Waals surface area contributed by atoms with Crippen LogP contribution < -0.4 is 5.32 Å². The Hall–Kier alpha value is -2.47. The molecule has 5 nitrogen and oxygen atoms in total. The summed E-state index contributed by atoms with van der Waals surface area (Å²) in [4.78, 5) is 38.1. The van der Waals surface area contributed by atoms with Crippen molar-refractivity contribution >= 4 is 39.3 Å². The summed E-state index contributed by atoms with van der Waals surface area (Å²) < 4.78 is 0.892. The van der Waals surface area contributed by atoms with E-state index in [4.69, 9.17) is 0 Å². The molecule has 0 radical (unpaired) electrons. The highest BCUT2D eigenvalue weighted by Gasteiger charge is 2.40. The first kappa shape index (κ1) is 15.4. The Bertz CT molecular complexity index is 767. The molecule has 23 heavy (non-hydrogen) atoms. The molecule has 0 saturated carbocycles. The van der Waals surface area contributed by atoms with Crippen LogP contribution in [-0.4, -0.2) is 28.7 Å². The summed E-state index contributed by atoms with van der Waals surface area (Å²) in [6.45, 7) is 1.54. The van der Waals surface area contributed by atoms with Gasteiger partial charge in [-0.15, -0.1) is 0 Å². The first-order valence-corrected chi connectivity index (χ1v) is 7.81. The van der Waals surface area contributed by atoms with Crippen LogP contribution in [0.4, 0.5) is 5.69 Å². The van der Waals surface area contributed by atoms with Crippen molar-refractivity contribution in [3.05, 3.63) is 64.1 Å².